The minimum Gasteiger partial charge on any atom is -0.372 e. The van der Waals surface area contributed by atoms with Gasteiger partial charge in [-0.15, -0.1) is 0 Å². The molecule has 27 heavy (non-hydrogen) atoms. The first-order valence-electron chi connectivity index (χ1n) is 9.30. The second-order valence-corrected chi connectivity index (χ2v) is 8.53. The predicted molar refractivity (Wildman–Crippen MR) is 119 cm³/mol. The highest BCUT2D eigenvalue weighted by Gasteiger charge is 2.16. The fourth-order valence-corrected chi connectivity index (χ4v) is 3.89. The first kappa shape index (κ1) is 20.1. The Kier molecular flexibility index (Phi) is 6.71. The molecule has 6 heteroatoms. The maximum absolute atomic E-state index is 13.9. The normalized spacial score (nSPS) is 16.1. The Labute approximate surface area is 174 Å². The number of hydrogen-bond donors (Lipinski definition) is 2. The molecule has 2 aromatic rings. The number of hydrogen-bond acceptors (Lipinski definition) is 2. The molecule has 0 radical (unpaired) electrons. The van der Waals surface area contributed by atoms with Crippen LogP contribution in [0, 0.1) is 11.7 Å². The Morgan fingerprint density at radius 2 is 1.85 bits per heavy atom. The average molecular weight is 450 g/mol. The van der Waals surface area contributed by atoms with Gasteiger partial charge in [0.05, 0.1) is 11.7 Å². The minimum absolute atomic E-state index is 0.0268. The molecule has 1 heterocycles. The lowest BCUT2D eigenvalue weighted by Gasteiger charge is -2.32. The van der Waals surface area contributed by atoms with Crippen molar-refractivity contribution in [1.29, 1.82) is 0 Å². The summed E-state index contributed by atoms with van der Waals surface area (Å²) in [4.78, 5) is 2.45. The molecule has 1 aliphatic heterocycles. The van der Waals surface area contributed by atoms with Gasteiger partial charge in [0.1, 0.15) is 5.82 Å². The van der Waals surface area contributed by atoms with Crippen LogP contribution in [0.15, 0.2) is 46.9 Å². The molecule has 0 aromatic heterocycles. The number of piperidine rings is 1. The highest BCUT2D eigenvalue weighted by atomic mass is 79.9. The molecule has 0 bridgehead atoms. The summed E-state index contributed by atoms with van der Waals surface area (Å²) < 4.78 is 14.6. The summed E-state index contributed by atoms with van der Waals surface area (Å²) >= 11 is 8.59. The van der Waals surface area contributed by atoms with E-state index in [2.05, 4.69) is 62.7 Å². The zero-order chi connectivity index (χ0) is 19.4. The van der Waals surface area contributed by atoms with Gasteiger partial charge in [0.15, 0.2) is 5.11 Å². The lowest BCUT2D eigenvalue weighted by molar-refractivity contribution is 0.438. The van der Waals surface area contributed by atoms with Gasteiger partial charge >= 0.3 is 0 Å². The standard InChI is InChI=1S/C21H25BrFN3S/c1-14-9-11-26(12-10-14)18-6-3-16(4-7-18)15(2)24-21(27)25-20-8-5-17(22)13-19(20)23/h3-8,13-15H,9-12H2,1-2H3,(H2,24,25,27). The van der Waals surface area contributed by atoms with Gasteiger partial charge in [0, 0.05) is 23.2 Å². The van der Waals surface area contributed by atoms with Crippen molar-refractivity contribution in [3.05, 3.63) is 58.3 Å². The second-order valence-electron chi connectivity index (χ2n) is 7.21. The van der Waals surface area contributed by atoms with Gasteiger partial charge in [-0.2, -0.15) is 0 Å². The molecule has 2 aromatic carbocycles. The summed E-state index contributed by atoms with van der Waals surface area (Å²) in [7, 11) is 0. The summed E-state index contributed by atoms with van der Waals surface area (Å²) in [5.41, 5.74) is 2.78. The van der Waals surface area contributed by atoms with E-state index in [-0.39, 0.29) is 11.9 Å². The Balaban J connectivity index is 1.57. The number of thiocarbonyl (C=S) groups is 1. The van der Waals surface area contributed by atoms with E-state index in [0.717, 1.165) is 24.6 Å². The predicted octanol–water partition coefficient (Wildman–Crippen LogP) is 5.87. The van der Waals surface area contributed by atoms with E-state index in [9.17, 15) is 4.39 Å². The SMILES string of the molecule is CC1CCN(c2ccc(C(C)NC(=S)Nc3ccc(Br)cc3F)cc2)CC1. The van der Waals surface area contributed by atoms with Crippen molar-refractivity contribution >= 4 is 44.6 Å². The molecule has 0 amide bonds. The van der Waals surface area contributed by atoms with Crippen LogP contribution in [-0.4, -0.2) is 18.2 Å². The molecule has 1 unspecified atom stereocenters. The van der Waals surface area contributed by atoms with Crippen molar-refractivity contribution in [3.63, 3.8) is 0 Å². The maximum Gasteiger partial charge on any atom is 0.171 e. The van der Waals surface area contributed by atoms with E-state index < -0.39 is 0 Å². The van der Waals surface area contributed by atoms with Gasteiger partial charge in [0.25, 0.3) is 0 Å². The Morgan fingerprint density at radius 3 is 2.48 bits per heavy atom. The van der Waals surface area contributed by atoms with Crippen molar-refractivity contribution in [3.8, 4) is 0 Å². The van der Waals surface area contributed by atoms with Crippen molar-refractivity contribution in [2.45, 2.75) is 32.7 Å². The molecule has 0 spiro atoms. The van der Waals surface area contributed by atoms with E-state index >= 15 is 0 Å². The van der Waals surface area contributed by atoms with Crippen LogP contribution in [-0.2, 0) is 0 Å². The summed E-state index contributed by atoms with van der Waals surface area (Å²) in [6.45, 7) is 6.62. The first-order valence-corrected chi connectivity index (χ1v) is 10.5. The van der Waals surface area contributed by atoms with Gasteiger partial charge in [-0.1, -0.05) is 35.0 Å². The first-order chi connectivity index (χ1) is 12.9. The largest absolute Gasteiger partial charge is 0.372 e. The van der Waals surface area contributed by atoms with E-state index in [0.29, 0.717) is 15.3 Å². The van der Waals surface area contributed by atoms with Crippen LogP contribution < -0.4 is 15.5 Å². The summed E-state index contributed by atoms with van der Waals surface area (Å²) in [5, 5.41) is 6.54. The Bertz CT molecular complexity index is 789. The van der Waals surface area contributed by atoms with E-state index in [4.69, 9.17) is 12.2 Å². The molecule has 0 saturated carbocycles. The van der Waals surface area contributed by atoms with E-state index in [1.165, 1.54) is 24.6 Å². The van der Waals surface area contributed by atoms with Gasteiger partial charge in [-0.3, -0.25) is 0 Å². The molecule has 144 valence electrons. The van der Waals surface area contributed by atoms with Crippen molar-refractivity contribution < 1.29 is 4.39 Å². The number of nitrogens with one attached hydrogen (secondary N) is 2. The third-order valence-corrected chi connectivity index (χ3v) is 5.78. The van der Waals surface area contributed by atoms with Crippen molar-refractivity contribution in [1.82, 2.24) is 5.32 Å². The van der Waals surface area contributed by atoms with Crippen LogP contribution in [0.2, 0.25) is 0 Å². The average Bonchev–Trinajstić information content (AvgIpc) is 2.65. The fourth-order valence-electron chi connectivity index (χ4n) is 3.27. The van der Waals surface area contributed by atoms with E-state index in [1.54, 1.807) is 12.1 Å². The smallest absolute Gasteiger partial charge is 0.171 e. The molecule has 3 rings (SSSR count). The van der Waals surface area contributed by atoms with Crippen LogP contribution in [0.1, 0.15) is 38.3 Å². The molecular weight excluding hydrogens is 425 g/mol. The van der Waals surface area contributed by atoms with E-state index in [1.807, 2.05) is 6.92 Å². The van der Waals surface area contributed by atoms with Crippen LogP contribution in [0.3, 0.4) is 0 Å². The molecule has 1 saturated heterocycles. The molecule has 1 fully saturated rings. The summed E-state index contributed by atoms with van der Waals surface area (Å²) in [5.74, 6) is 0.482. The lowest BCUT2D eigenvalue weighted by atomic mass is 9.98. The zero-order valence-electron chi connectivity index (χ0n) is 15.6. The highest BCUT2D eigenvalue weighted by molar-refractivity contribution is 9.10. The molecule has 1 atom stereocenters. The Morgan fingerprint density at radius 1 is 1.19 bits per heavy atom. The summed E-state index contributed by atoms with van der Waals surface area (Å²) in [6, 6.07) is 13.5. The zero-order valence-corrected chi connectivity index (χ0v) is 18.0. The van der Waals surface area contributed by atoms with Crippen LogP contribution in [0.25, 0.3) is 0 Å². The van der Waals surface area contributed by atoms with Crippen LogP contribution >= 0.6 is 28.1 Å². The number of anilines is 2. The molecule has 1 aliphatic rings. The van der Waals surface area contributed by atoms with Gasteiger partial charge < -0.3 is 15.5 Å². The van der Waals surface area contributed by atoms with Gasteiger partial charge in [0.2, 0.25) is 0 Å². The van der Waals surface area contributed by atoms with Crippen LogP contribution in [0.5, 0.6) is 0 Å². The fraction of sp³-hybridized carbons (Fsp3) is 0.381. The molecule has 2 N–H and O–H groups in total. The van der Waals surface area contributed by atoms with Crippen LogP contribution in [0.4, 0.5) is 15.8 Å². The Hall–Kier alpha value is -1.66. The van der Waals surface area contributed by atoms with Gasteiger partial charge in [-0.05, 0) is 73.8 Å². The molecule has 0 aliphatic carbocycles. The number of halogens is 2. The summed E-state index contributed by atoms with van der Waals surface area (Å²) in [6.07, 6.45) is 2.51. The van der Waals surface area contributed by atoms with Gasteiger partial charge in [-0.25, -0.2) is 4.39 Å². The van der Waals surface area contributed by atoms with Crippen molar-refractivity contribution in [2.75, 3.05) is 23.3 Å². The third kappa shape index (κ3) is 5.42. The molecule has 3 nitrogen and oxygen atoms in total. The monoisotopic (exact) mass is 449 g/mol. The third-order valence-electron chi connectivity index (χ3n) is 5.07. The quantitative estimate of drug-likeness (QED) is 0.570. The van der Waals surface area contributed by atoms with Crippen molar-refractivity contribution in [2.24, 2.45) is 5.92 Å². The topological polar surface area (TPSA) is 27.3 Å². The number of benzene rings is 2. The lowest BCUT2D eigenvalue weighted by Crippen LogP contribution is -2.33. The minimum atomic E-state index is -0.346. The molecular formula is C21H25BrFN3S. The number of rotatable bonds is 4. The number of nitrogens with zero attached hydrogens (tertiary/aromatic N) is 1. The second kappa shape index (κ2) is 9.02. The highest BCUT2D eigenvalue weighted by Crippen LogP contribution is 2.25. The maximum atomic E-state index is 13.9.